The number of aliphatic hydroxyl groups excluding tert-OH is 1. The molecule has 112 valence electrons. The zero-order valence-electron chi connectivity index (χ0n) is 12.5. The van der Waals surface area contributed by atoms with E-state index in [0.717, 1.165) is 39.0 Å². The van der Waals surface area contributed by atoms with Crippen molar-refractivity contribution in [3.8, 4) is 0 Å². The Balaban J connectivity index is 2.38. The Morgan fingerprint density at radius 1 is 1.16 bits per heavy atom. The molecule has 0 radical (unpaired) electrons. The van der Waals surface area contributed by atoms with Crippen LogP contribution in [0.4, 0.5) is 0 Å². The lowest BCUT2D eigenvalue weighted by molar-refractivity contribution is -0.145. The van der Waals surface area contributed by atoms with E-state index in [4.69, 9.17) is 4.74 Å². The highest BCUT2D eigenvalue weighted by Crippen LogP contribution is 2.09. The summed E-state index contributed by atoms with van der Waals surface area (Å²) in [6.45, 7) is 10.3. The van der Waals surface area contributed by atoms with Crippen molar-refractivity contribution in [2.24, 2.45) is 0 Å². The van der Waals surface area contributed by atoms with Crippen LogP contribution in [0.3, 0.4) is 0 Å². The molecule has 1 heterocycles. The molecule has 1 amide bonds. The molecule has 0 aromatic rings. The van der Waals surface area contributed by atoms with Crippen LogP contribution in [0, 0.1) is 0 Å². The number of carbonyl (C=O) groups is 1. The van der Waals surface area contributed by atoms with Crippen molar-refractivity contribution in [3.05, 3.63) is 0 Å². The second-order valence-corrected chi connectivity index (χ2v) is 5.04. The molecule has 0 unspecified atom stereocenters. The molecule has 19 heavy (non-hydrogen) atoms. The maximum atomic E-state index is 12.2. The minimum Gasteiger partial charge on any atom is -0.392 e. The first-order valence-electron chi connectivity index (χ1n) is 7.43. The molecule has 1 N–H and O–H groups in total. The lowest BCUT2D eigenvalue weighted by atomic mass is 10.2. The summed E-state index contributed by atoms with van der Waals surface area (Å²) in [6.07, 6.45) is 0.954. The molecule has 0 spiro atoms. The van der Waals surface area contributed by atoms with E-state index in [0.29, 0.717) is 13.2 Å². The molecule has 2 atom stereocenters. The first-order valence-corrected chi connectivity index (χ1v) is 7.43. The Kier molecular flexibility index (Phi) is 7.34. The van der Waals surface area contributed by atoms with Gasteiger partial charge in [0.05, 0.1) is 6.10 Å². The number of hydrogen-bond acceptors (Lipinski definition) is 4. The van der Waals surface area contributed by atoms with Crippen LogP contribution in [0.5, 0.6) is 0 Å². The summed E-state index contributed by atoms with van der Waals surface area (Å²) in [5, 5.41) is 9.64. The van der Waals surface area contributed by atoms with E-state index < -0.39 is 0 Å². The minimum atomic E-state index is -0.294. The van der Waals surface area contributed by atoms with Gasteiger partial charge in [0.15, 0.2) is 0 Å². The summed E-state index contributed by atoms with van der Waals surface area (Å²) in [5.74, 6) is 0.111. The highest BCUT2D eigenvalue weighted by Gasteiger charge is 2.27. The number of ether oxygens (including phenoxy) is 1. The molecule has 0 aliphatic carbocycles. The van der Waals surface area contributed by atoms with E-state index in [9.17, 15) is 9.90 Å². The minimum absolute atomic E-state index is 0.111. The standard InChI is InChI=1S/C14H28N2O3/c1-4-12(17)11-15-7-9-16(10-8-15)14(18)13(5-2)19-6-3/h12-13,17H,4-11H2,1-3H3/t12-,13+/m0/s1. The number of aliphatic hydroxyl groups is 1. The van der Waals surface area contributed by atoms with Crippen molar-refractivity contribution in [1.29, 1.82) is 0 Å². The fraction of sp³-hybridized carbons (Fsp3) is 0.929. The number of nitrogens with zero attached hydrogens (tertiary/aromatic N) is 2. The summed E-state index contributed by atoms with van der Waals surface area (Å²) in [6, 6.07) is 0. The van der Waals surface area contributed by atoms with Crippen LogP contribution < -0.4 is 0 Å². The Morgan fingerprint density at radius 2 is 1.79 bits per heavy atom. The van der Waals surface area contributed by atoms with E-state index in [1.54, 1.807) is 0 Å². The molecule has 1 saturated heterocycles. The van der Waals surface area contributed by atoms with Gasteiger partial charge in [-0.3, -0.25) is 9.69 Å². The fourth-order valence-electron chi connectivity index (χ4n) is 2.35. The van der Waals surface area contributed by atoms with Gasteiger partial charge in [-0.1, -0.05) is 13.8 Å². The van der Waals surface area contributed by atoms with E-state index in [2.05, 4.69) is 4.90 Å². The number of hydrogen-bond donors (Lipinski definition) is 1. The van der Waals surface area contributed by atoms with Gasteiger partial charge in [0.1, 0.15) is 6.10 Å². The van der Waals surface area contributed by atoms with Crippen molar-refractivity contribution in [2.45, 2.75) is 45.8 Å². The van der Waals surface area contributed by atoms with E-state index in [-0.39, 0.29) is 18.1 Å². The smallest absolute Gasteiger partial charge is 0.251 e. The first kappa shape index (κ1) is 16.4. The monoisotopic (exact) mass is 272 g/mol. The Labute approximate surface area is 116 Å². The zero-order valence-corrected chi connectivity index (χ0v) is 12.5. The molecule has 0 saturated carbocycles. The van der Waals surface area contributed by atoms with Crippen LogP contribution in [0.1, 0.15) is 33.6 Å². The van der Waals surface area contributed by atoms with Gasteiger partial charge < -0.3 is 14.7 Å². The SMILES string of the molecule is CCO[C@H](CC)C(=O)N1CCN(C[C@@H](O)CC)CC1. The summed E-state index contributed by atoms with van der Waals surface area (Å²) in [4.78, 5) is 16.3. The molecule has 1 aliphatic heterocycles. The van der Waals surface area contributed by atoms with Crippen molar-refractivity contribution in [1.82, 2.24) is 9.80 Å². The lowest BCUT2D eigenvalue weighted by Gasteiger charge is -2.36. The zero-order chi connectivity index (χ0) is 14.3. The largest absolute Gasteiger partial charge is 0.392 e. The molecular weight excluding hydrogens is 244 g/mol. The van der Waals surface area contributed by atoms with E-state index in [1.165, 1.54) is 0 Å². The number of β-amino-alcohol motifs (C(OH)–C–C–N with tert-alkyl or cyclic N) is 1. The predicted octanol–water partition coefficient (Wildman–Crippen LogP) is 0.717. The van der Waals surface area contributed by atoms with Gasteiger partial charge in [0.25, 0.3) is 5.91 Å². The van der Waals surface area contributed by atoms with Crippen molar-refractivity contribution in [2.75, 3.05) is 39.3 Å². The van der Waals surface area contributed by atoms with Crippen molar-refractivity contribution < 1.29 is 14.6 Å². The average molecular weight is 272 g/mol. The first-order chi connectivity index (χ1) is 9.12. The maximum absolute atomic E-state index is 12.2. The summed E-state index contributed by atoms with van der Waals surface area (Å²) < 4.78 is 5.47. The molecule has 0 aromatic heterocycles. The van der Waals surface area contributed by atoms with Gasteiger partial charge >= 0.3 is 0 Å². The normalized spacial score (nSPS) is 20.3. The van der Waals surface area contributed by atoms with Crippen LogP contribution in [-0.2, 0) is 9.53 Å². The highest BCUT2D eigenvalue weighted by molar-refractivity contribution is 5.81. The van der Waals surface area contributed by atoms with E-state index in [1.807, 2.05) is 25.7 Å². The Morgan fingerprint density at radius 3 is 2.26 bits per heavy atom. The van der Waals surface area contributed by atoms with Gasteiger partial charge in [-0.25, -0.2) is 0 Å². The maximum Gasteiger partial charge on any atom is 0.251 e. The second kappa shape index (κ2) is 8.51. The Hall–Kier alpha value is -0.650. The van der Waals surface area contributed by atoms with Crippen molar-refractivity contribution >= 4 is 5.91 Å². The van der Waals surface area contributed by atoms with Crippen LogP contribution in [0.15, 0.2) is 0 Å². The molecule has 0 aromatic carbocycles. The summed E-state index contributed by atoms with van der Waals surface area (Å²) >= 11 is 0. The van der Waals surface area contributed by atoms with Gasteiger partial charge in [-0.05, 0) is 19.8 Å². The molecular formula is C14H28N2O3. The third-order valence-corrected chi connectivity index (χ3v) is 3.64. The number of piperazine rings is 1. The van der Waals surface area contributed by atoms with Crippen LogP contribution in [-0.4, -0.2) is 72.4 Å². The fourth-order valence-corrected chi connectivity index (χ4v) is 2.35. The van der Waals surface area contributed by atoms with Gasteiger partial charge in [-0.2, -0.15) is 0 Å². The summed E-state index contributed by atoms with van der Waals surface area (Å²) in [7, 11) is 0. The third-order valence-electron chi connectivity index (χ3n) is 3.64. The molecule has 5 heteroatoms. The third kappa shape index (κ3) is 5.09. The number of carbonyl (C=O) groups excluding carboxylic acids is 1. The molecule has 1 fully saturated rings. The highest BCUT2D eigenvalue weighted by atomic mass is 16.5. The van der Waals surface area contributed by atoms with E-state index >= 15 is 0 Å². The quantitative estimate of drug-likeness (QED) is 0.742. The van der Waals surface area contributed by atoms with Crippen molar-refractivity contribution in [3.63, 3.8) is 0 Å². The van der Waals surface area contributed by atoms with Gasteiger partial charge in [0, 0.05) is 39.3 Å². The lowest BCUT2D eigenvalue weighted by Crippen LogP contribution is -2.52. The van der Waals surface area contributed by atoms with Gasteiger partial charge in [-0.15, -0.1) is 0 Å². The predicted molar refractivity (Wildman–Crippen MR) is 75.0 cm³/mol. The number of rotatable bonds is 7. The van der Waals surface area contributed by atoms with Gasteiger partial charge in [0.2, 0.25) is 0 Å². The molecule has 1 aliphatic rings. The van der Waals surface area contributed by atoms with Crippen LogP contribution in [0.2, 0.25) is 0 Å². The Bertz CT molecular complexity index is 265. The topological polar surface area (TPSA) is 53.0 Å². The average Bonchev–Trinajstić information content (AvgIpc) is 2.44. The molecule has 1 rings (SSSR count). The second-order valence-electron chi connectivity index (χ2n) is 5.04. The number of amides is 1. The summed E-state index contributed by atoms with van der Waals surface area (Å²) in [5.41, 5.74) is 0. The van der Waals surface area contributed by atoms with Crippen LogP contribution in [0.25, 0.3) is 0 Å². The van der Waals surface area contributed by atoms with Crippen LogP contribution >= 0.6 is 0 Å². The molecule has 5 nitrogen and oxygen atoms in total. The molecule has 0 bridgehead atoms.